The van der Waals surface area contributed by atoms with Crippen molar-refractivity contribution >= 4 is 0 Å². The Balaban J connectivity index is 5.28. The van der Waals surface area contributed by atoms with Crippen molar-refractivity contribution in [3.8, 4) is 0 Å². The fourth-order valence-electron chi connectivity index (χ4n) is 3.40. The number of nitrogens with one attached hydrogen (secondary N) is 1. The van der Waals surface area contributed by atoms with Crippen molar-refractivity contribution in [3.05, 3.63) is 12.2 Å². The summed E-state index contributed by atoms with van der Waals surface area (Å²) in [5.74, 6) is 0. The fraction of sp³-hybridized carbons (Fsp3) is 0.882. The summed E-state index contributed by atoms with van der Waals surface area (Å²) in [4.78, 5) is 2.64. The van der Waals surface area contributed by atoms with Crippen molar-refractivity contribution in [2.75, 3.05) is 19.6 Å². The van der Waals surface area contributed by atoms with E-state index in [1.165, 1.54) is 18.4 Å². The molecule has 0 aliphatic carbocycles. The summed E-state index contributed by atoms with van der Waals surface area (Å²) in [5.41, 5.74) is 1.63. The van der Waals surface area contributed by atoms with E-state index in [4.69, 9.17) is 0 Å². The molecular weight excluding hydrogens is 232 g/mol. The highest BCUT2D eigenvalue weighted by Gasteiger charge is 2.39. The van der Waals surface area contributed by atoms with Gasteiger partial charge in [-0.1, -0.05) is 53.7 Å². The van der Waals surface area contributed by atoms with Gasteiger partial charge in [-0.05, 0) is 45.3 Å². The van der Waals surface area contributed by atoms with Crippen LogP contribution in [0.3, 0.4) is 0 Å². The zero-order chi connectivity index (χ0) is 14.9. The molecule has 1 N–H and O–H groups in total. The quantitative estimate of drug-likeness (QED) is 0.564. The zero-order valence-corrected chi connectivity index (χ0v) is 14.2. The van der Waals surface area contributed by atoms with Gasteiger partial charge in [0.1, 0.15) is 0 Å². The van der Waals surface area contributed by atoms with E-state index in [0.717, 1.165) is 32.5 Å². The highest BCUT2D eigenvalue weighted by molar-refractivity contribution is 5.06. The molecule has 2 heteroatoms. The van der Waals surface area contributed by atoms with Gasteiger partial charge in [0.2, 0.25) is 0 Å². The Morgan fingerprint density at radius 2 is 1.58 bits per heavy atom. The van der Waals surface area contributed by atoms with Crippen LogP contribution in [0.5, 0.6) is 0 Å². The lowest BCUT2D eigenvalue weighted by Crippen LogP contribution is -2.60. The molecule has 0 aromatic heterocycles. The second kappa shape index (κ2) is 9.55. The van der Waals surface area contributed by atoms with Crippen molar-refractivity contribution in [1.29, 1.82) is 0 Å². The van der Waals surface area contributed by atoms with Crippen LogP contribution >= 0.6 is 0 Å². The van der Waals surface area contributed by atoms with Gasteiger partial charge < -0.3 is 5.32 Å². The fourth-order valence-corrected chi connectivity index (χ4v) is 3.40. The molecule has 114 valence electrons. The van der Waals surface area contributed by atoms with Crippen molar-refractivity contribution in [1.82, 2.24) is 10.2 Å². The largest absolute Gasteiger partial charge is 0.312 e. The van der Waals surface area contributed by atoms with Crippen LogP contribution in [0.25, 0.3) is 0 Å². The smallest absolute Gasteiger partial charge is 0.0360 e. The molecule has 2 nitrogen and oxygen atoms in total. The van der Waals surface area contributed by atoms with E-state index in [1.54, 1.807) is 0 Å². The molecule has 0 aromatic carbocycles. The van der Waals surface area contributed by atoms with Gasteiger partial charge in [-0.3, -0.25) is 4.90 Å². The SMILES string of the molecule is C=C(CC)CC(NCC)C(CC)(CC)N(CC)CC. The molecule has 0 bridgehead atoms. The monoisotopic (exact) mass is 268 g/mol. The number of rotatable bonds is 11. The van der Waals surface area contributed by atoms with Gasteiger partial charge in [-0.15, -0.1) is 0 Å². The van der Waals surface area contributed by atoms with Crippen LogP contribution in [-0.4, -0.2) is 36.1 Å². The Hall–Kier alpha value is -0.340. The van der Waals surface area contributed by atoms with Gasteiger partial charge in [0.05, 0.1) is 0 Å². The molecule has 0 rings (SSSR count). The normalized spacial score (nSPS) is 13.8. The third-order valence-electron chi connectivity index (χ3n) is 4.71. The molecule has 19 heavy (non-hydrogen) atoms. The number of nitrogens with zero attached hydrogens (tertiary/aromatic N) is 1. The molecule has 0 heterocycles. The van der Waals surface area contributed by atoms with E-state index in [9.17, 15) is 0 Å². The van der Waals surface area contributed by atoms with E-state index in [0.29, 0.717) is 6.04 Å². The van der Waals surface area contributed by atoms with Crippen molar-refractivity contribution < 1.29 is 0 Å². The van der Waals surface area contributed by atoms with Gasteiger partial charge in [-0.2, -0.15) is 0 Å². The summed E-state index contributed by atoms with van der Waals surface area (Å²) in [6.07, 6.45) is 4.58. The van der Waals surface area contributed by atoms with Gasteiger partial charge in [-0.25, -0.2) is 0 Å². The Labute approximate surface area is 121 Å². The first kappa shape index (κ1) is 18.7. The van der Waals surface area contributed by atoms with Crippen LogP contribution in [0.4, 0.5) is 0 Å². The van der Waals surface area contributed by atoms with Gasteiger partial charge >= 0.3 is 0 Å². The topological polar surface area (TPSA) is 15.3 Å². The Morgan fingerprint density at radius 3 is 1.89 bits per heavy atom. The van der Waals surface area contributed by atoms with Crippen LogP contribution < -0.4 is 5.32 Å². The third-order valence-corrected chi connectivity index (χ3v) is 4.71. The summed E-state index contributed by atoms with van der Waals surface area (Å²) in [6, 6.07) is 0.514. The molecule has 0 amide bonds. The van der Waals surface area contributed by atoms with E-state index >= 15 is 0 Å². The van der Waals surface area contributed by atoms with Gasteiger partial charge in [0, 0.05) is 11.6 Å². The maximum absolute atomic E-state index is 4.23. The maximum Gasteiger partial charge on any atom is 0.0360 e. The first-order valence-electron chi connectivity index (χ1n) is 8.21. The Bertz CT molecular complexity index is 240. The molecule has 0 fully saturated rings. The summed E-state index contributed by atoms with van der Waals surface area (Å²) >= 11 is 0. The molecule has 0 aliphatic rings. The number of hydrogen-bond donors (Lipinski definition) is 1. The lowest BCUT2D eigenvalue weighted by Gasteiger charge is -2.48. The minimum atomic E-state index is 0.262. The predicted molar refractivity (Wildman–Crippen MR) is 87.7 cm³/mol. The van der Waals surface area contributed by atoms with Crippen LogP contribution in [0, 0.1) is 0 Å². The lowest BCUT2D eigenvalue weighted by atomic mass is 9.79. The van der Waals surface area contributed by atoms with E-state index in [-0.39, 0.29) is 5.54 Å². The molecule has 1 unspecified atom stereocenters. The van der Waals surface area contributed by atoms with E-state index in [2.05, 4.69) is 58.3 Å². The third kappa shape index (κ3) is 4.61. The minimum absolute atomic E-state index is 0.262. The summed E-state index contributed by atoms with van der Waals surface area (Å²) in [7, 11) is 0. The average molecular weight is 268 g/mol. The first-order chi connectivity index (χ1) is 9.05. The predicted octanol–water partition coefficient (Wildman–Crippen LogP) is 4.22. The molecule has 0 saturated carbocycles. The molecule has 0 radical (unpaired) electrons. The van der Waals surface area contributed by atoms with Gasteiger partial charge in [0.15, 0.2) is 0 Å². The van der Waals surface area contributed by atoms with E-state index in [1.807, 2.05) is 0 Å². The second-order valence-corrected chi connectivity index (χ2v) is 5.40. The standard InChI is InChI=1S/C17H36N2/c1-8-15(7)14-16(18-11-4)17(9-2,10-3)19(12-5)13-6/h16,18H,7-14H2,1-6H3. The van der Waals surface area contributed by atoms with Crippen LogP contribution in [0.1, 0.15) is 67.2 Å². The average Bonchev–Trinajstić information content (AvgIpc) is 2.44. The zero-order valence-electron chi connectivity index (χ0n) is 14.2. The van der Waals surface area contributed by atoms with Crippen molar-refractivity contribution in [2.24, 2.45) is 0 Å². The lowest BCUT2D eigenvalue weighted by molar-refractivity contribution is 0.0496. The molecule has 0 aromatic rings. The Morgan fingerprint density at radius 1 is 1.05 bits per heavy atom. The highest BCUT2D eigenvalue weighted by Crippen LogP contribution is 2.31. The maximum atomic E-state index is 4.23. The summed E-state index contributed by atoms with van der Waals surface area (Å²) in [6.45, 7) is 21.2. The van der Waals surface area contributed by atoms with E-state index < -0.39 is 0 Å². The molecule has 0 spiro atoms. The molecular formula is C17H36N2. The molecule has 0 saturated heterocycles. The van der Waals surface area contributed by atoms with Crippen LogP contribution in [0.15, 0.2) is 12.2 Å². The molecule has 0 aliphatic heterocycles. The highest BCUT2D eigenvalue weighted by atomic mass is 15.2. The minimum Gasteiger partial charge on any atom is -0.312 e. The van der Waals surface area contributed by atoms with Crippen molar-refractivity contribution in [3.63, 3.8) is 0 Å². The molecule has 1 atom stereocenters. The van der Waals surface area contributed by atoms with Crippen LogP contribution in [0.2, 0.25) is 0 Å². The van der Waals surface area contributed by atoms with Gasteiger partial charge in [0.25, 0.3) is 0 Å². The van der Waals surface area contributed by atoms with Crippen molar-refractivity contribution in [2.45, 2.75) is 78.8 Å². The van der Waals surface area contributed by atoms with Crippen LogP contribution in [-0.2, 0) is 0 Å². The number of hydrogen-bond acceptors (Lipinski definition) is 2. The first-order valence-corrected chi connectivity index (χ1v) is 8.21. The Kier molecular flexibility index (Phi) is 9.38. The summed E-state index contributed by atoms with van der Waals surface area (Å²) < 4.78 is 0. The number of likely N-dealkylation sites (N-methyl/N-ethyl adjacent to an activating group) is 2. The summed E-state index contributed by atoms with van der Waals surface area (Å²) in [5, 5.41) is 3.74. The second-order valence-electron chi connectivity index (χ2n) is 5.40.